The minimum atomic E-state index is 0.714. The van der Waals surface area contributed by atoms with E-state index in [0.717, 1.165) is 23.3 Å². The minimum Gasteiger partial charge on any atom is -0.492 e. The van der Waals surface area contributed by atoms with Gasteiger partial charge in [-0.25, -0.2) is 0 Å². The van der Waals surface area contributed by atoms with Crippen molar-refractivity contribution >= 4 is 26.7 Å². The summed E-state index contributed by atoms with van der Waals surface area (Å²) in [5.41, 5.74) is 0. The molecule has 0 aromatic heterocycles. The van der Waals surface area contributed by atoms with Crippen LogP contribution in [0.25, 0.3) is 10.8 Å². The van der Waals surface area contributed by atoms with Crippen LogP contribution in [0.15, 0.2) is 40.9 Å². The predicted molar refractivity (Wildman–Crippen MR) is 84.9 cm³/mol. The lowest BCUT2D eigenvalue weighted by atomic mass is 10.1. The maximum atomic E-state index is 5.75. The van der Waals surface area contributed by atoms with Crippen LogP contribution in [0.2, 0.25) is 0 Å². The number of hydrogen-bond acceptors (Lipinski definition) is 2. The first-order valence-corrected chi connectivity index (χ1v) is 7.62. The van der Waals surface area contributed by atoms with E-state index in [4.69, 9.17) is 4.74 Å². The molecule has 0 bridgehead atoms. The number of halogens is 1. The molecule has 0 heterocycles. The topological polar surface area (TPSA) is 21.3 Å². The Morgan fingerprint density at radius 3 is 2.68 bits per heavy atom. The first kappa shape index (κ1) is 14.4. The van der Waals surface area contributed by atoms with Crippen molar-refractivity contribution in [3.8, 4) is 5.75 Å². The summed E-state index contributed by atoms with van der Waals surface area (Å²) in [7, 11) is 0. The van der Waals surface area contributed by atoms with Crippen LogP contribution < -0.4 is 10.1 Å². The maximum Gasteiger partial charge on any atom is 0.120 e. The summed E-state index contributed by atoms with van der Waals surface area (Å²) < 4.78 is 6.86. The Morgan fingerprint density at radius 2 is 1.84 bits per heavy atom. The third-order valence-electron chi connectivity index (χ3n) is 3.03. The average Bonchev–Trinajstić information content (AvgIpc) is 2.43. The molecule has 1 N–H and O–H groups in total. The highest BCUT2D eigenvalue weighted by Crippen LogP contribution is 2.23. The fourth-order valence-corrected chi connectivity index (χ4v) is 2.33. The van der Waals surface area contributed by atoms with Crippen LogP contribution in [0.1, 0.15) is 19.8 Å². The van der Waals surface area contributed by atoms with Crippen molar-refractivity contribution in [2.75, 3.05) is 19.7 Å². The largest absolute Gasteiger partial charge is 0.492 e. The molecule has 0 saturated heterocycles. The minimum absolute atomic E-state index is 0.714. The fourth-order valence-electron chi connectivity index (χ4n) is 1.95. The molecule has 0 saturated carbocycles. The highest BCUT2D eigenvalue weighted by Gasteiger charge is 1.98. The number of hydrogen-bond donors (Lipinski definition) is 1. The highest BCUT2D eigenvalue weighted by atomic mass is 79.9. The zero-order chi connectivity index (χ0) is 13.5. The highest BCUT2D eigenvalue weighted by molar-refractivity contribution is 9.10. The maximum absolute atomic E-state index is 5.75. The Kier molecular flexibility index (Phi) is 5.67. The zero-order valence-electron chi connectivity index (χ0n) is 11.3. The monoisotopic (exact) mass is 321 g/mol. The summed E-state index contributed by atoms with van der Waals surface area (Å²) in [6.45, 7) is 4.89. The molecular weight excluding hydrogens is 302 g/mol. The van der Waals surface area contributed by atoms with Gasteiger partial charge in [0.15, 0.2) is 0 Å². The smallest absolute Gasteiger partial charge is 0.120 e. The van der Waals surface area contributed by atoms with Gasteiger partial charge in [0.25, 0.3) is 0 Å². The molecule has 2 aromatic rings. The number of unbranched alkanes of at least 4 members (excludes halogenated alkanes) is 1. The van der Waals surface area contributed by atoms with Gasteiger partial charge in [-0.1, -0.05) is 41.4 Å². The number of fused-ring (bicyclic) bond motifs is 1. The van der Waals surface area contributed by atoms with Crippen LogP contribution in [0, 0.1) is 0 Å². The van der Waals surface area contributed by atoms with Gasteiger partial charge in [0.05, 0.1) is 0 Å². The Balaban J connectivity index is 1.86. The molecule has 2 nitrogen and oxygen atoms in total. The van der Waals surface area contributed by atoms with E-state index in [-0.39, 0.29) is 0 Å². The molecule has 0 fully saturated rings. The Bertz CT molecular complexity index is 527. The molecule has 2 rings (SSSR count). The molecule has 0 aliphatic carbocycles. The van der Waals surface area contributed by atoms with Gasteiger partial charge in [-0.3, -0.25) is 0 Å². The van der Waals surface area contributed by atoms with Crippen molar-refractivity contribution in [1.29, 1.82) is 0 Å². The summed E-state index contributed by atoms with van der Waals surface area (Å²) in [6, 6.07) is 12.5. The van der Waals surface area contributed by atoms with Crippen LogP contribution in [0.4, 0.5) is 0 Å². The molecule has 19 heavy (non-hydrogen) atoms. The van der Waals surface area contributed by atoms with Crippen molar-refractivity contribution < 1.29 is 4.74 Å². The quantitative estimate of drug-likeness (QED) is 0.764. The number of benzene rings is 2. The van der Waals surface area contributed by atoms with Crippen molar-refractivity contribution in [2.45, 2.75) is 19.8 Å². The normalized spacial score (nSPS) is 10.8. The van der Waals surface area contributed by atoms with Crippen LogP contribution in [-0.4, -0.2) is 19.7 Å². The second-order valence-corrected chi connectivity index (χ2v) is 5.52. The summed E-state index contributed by atoms with van der Waals surface area (Å²) in [5.74, 6) is 0.937. The number of rotatable bonds is 7. The van der Waals surface area contributed by atoms with Crippen molar-refractivity contribution in [3.05, 3.63) is 40.9 Å². The Labute approximate surface area is 123 Å². The molecule has 0 radical (unpaired) electrons. The SMILES string of the molecule is CCCCNCCOc1ccc2cc(Br)ccc2c1. The summed E-state index contributed by atoms with van der Waals surface area (Å²) in [5, 5.41) is 5.80. The molecule has 0 aliphatic rings. The van der Waals surface area contributed by atoms with Gasteiger partial charge in [0.2, 0.25) is 0 Å². The zero-order valence-corrected chi connectivity index (χ0v) is 12.9. The summed E-state index contributed by atoms with van der Waals surface area (Å²) in [6.07, 6.45) is 2.46. The summed E-state index contributed by atoms with van der Waals surface area (Å²) in [4.78, 5) is 0. The molecule has 0 spiro atoms. The first-order valence-electron chi connectivity index (χ1n) is 6.82. The second-order valence-electron chi connectivity index (χ2n) is 4.61. The average molecular weight is 322 g/mol. The third-order valence-corrected chi connectivity index (χ3v) is 3.52. The molecule has 0 amide bonds. The predicted octanol–water partition coefficient (Wildman–Crippen LogP) is 4.37. The van der Waals surface area contributed by atoms with Crippen LogP contribution in [0.5, 0.6) is 5.75 Å². The standard InChI is InChI=1S/C16H20BrNO/c1-2-3-8-18-9-10-19-16-7-5-13-11-15(17)6-4-14(13)12-16/h4-7,11-12,18H,2-3,8-10H2,1H3. The molecule has 2 aromatic carbocycles. The van der Waals surface area contributed by atoms with E-state index < -0.39 is 0 Å². The molecule has 0 atom stereocenters. The fraction of sp³-hybridized carbons (Fsp3) is 0.375. The van der Waals surface area contributed by atoms with Crippen LogP contribution in [0.3, 0.4) is 0 Å². The van der Waals surface area contributed by atoms with E-state index in [9.17, 15) is 0 Å². The lowest BCUT2D eigenvalue weighted by Gasteiger charge is -2.08. The number of ether oxygens (including phenoxy) is 1. The molecule has 102 valence electrons. The lowest BCUT2D eigenvalue weighted by molar-refractivity contribution is 0.314. The molecular formula is C16H20BrNO. The van der Waals surface area contributed by atoms with Crippen LogP contribution in [-0.2, 0) is 0 Å². The molecule has 0 aliphatic heterocycles. The van der Waals surface area contributed by atoms with E-state index in [1.165, 1.54) is 23.6 Å². The van der Waals surface area contributed by atoms with Crippen molar-refractivity contribution in [2.24, 2.45) is 0 Å². The van der Waals surface area contributed by atoms with Crippen LogP contribution >= 0.6 is 15.9 Å². The van der Waals surface area contributed by atoms with E-state index in [1.54, 1.807) is 0 Å². The van der Waals surface area contributed by atoms with E-state index in [0.29, 0.717) is 6.61 Å². The van der Waals surface area contributed by atoms with E-state index in [1.807, 2.05) is 6.07 Å². The summed E-state index contributed by atoms with van der Waals surface area (Å²) >= 11 is 3.48. The van der Waals surface area contributed by atoms with Gasteiger partial charge in [-0.2, -0.15) is 0 Å². The Morgan fingerprint density at radius 1 is 1.05 bits per heavy atom. The van der Waals surface area contributed by atoms with E-state index >= 15 is 0 Å². The molecule has 0 unspecified atom stereocenters. The van der Waals surface area contributed by atoms with Gasteiger partial charge in [0, 0.05) is 11.0 Å². The first-order chi connectivity index (χ1) is 9.29. The third kappa shape index (κ3) is 4.51. The Hall–Kier alpha value is -1.06. The van der Waals surface area contributed by atoms with Crippen molar-refractivity contribution in [3.63, 3.8) is 0 Å². The van der Waals surface area contributed by atoms with Gasteiger partial charge in [-0.15, -0.1) is 0 Å². The van der Waals surface area contributed by atoms with Gasteiger partial charge >= 0.3 is 0 Å². The number of nitrogens with one attached hydrogen (secondary N) is 1. The second kappa shape index (κ2) is 7.51. The van der Waals surface area contributed by atoms with Gasteiger partial charge < -0.3 is 10.1 Å². The van der Waals surface area contributed by atoms with E-state index in [2.05, 4.69) is 58.5 Å². The lowest BCUT2D eigenvalue weighted by Crippen LogP contribution is -2.21. The van der Waals surface area contributed by atoms with Gasteiger partial charge in [-0.05, 0) is 48.0 Å². The van der Waals surface area contributed by atoms with Crippen molar-refractivity contribution in [1.82, 2.24) is 5.32 Å². The molecule has 3 heteroatoms. The van der Waals surface area contributed by atoms with Gasteiger partial charge in [0.1, 0.15) is 12.4 Å².